The number of hydrogen-bond donors (Lipinski definition) is 0. The van der Waals surface area contributed by atoms with Crippen LogP contribution in [0.25, 0.3) is 5.52 Å². The van der Waals surface area contributed by atoms with Gasteiger partial charge in [0.25, 0.3) is 0 Å². The Morgan fingerprint density at radius 2 is 1.90 bits per heavy atom. The zero-order valence-electron chi connectivity index (χ0n) is 11.6. The quantitative estimate of drug-likeness (QED) is 0.704. The average Bonchev–Trinajstić information content (AvgIpc) is 2.89. The maximum Gasteiger partial charge on any atom is 0.118 e. The lowest BCUT2D eigenvalue weighted by atomic mass is 10.2. The van der Waals surface area contributed by atoms with Crippen LogP contribution in [0.1, 0.15) is 11.3 Å². The predicted octanol–water partition coefficient (Wildman–Crippen LogP) is 3.82. The van der Waals surface area contributed by atoms with Crippen molar-refractivity contribution in [2.75, 3.05) is 7.11 Å². The molecule has 2 heterocycles. The summed E-state index contributed by atoms with van der Waals surface area (Å²) in [7, 11) is 1.66. The third kappa shape index (κ3) is 3.43. The van der Waals surface area contributed by atoms with E-state index in [4.69, 9.17) is 9.47 Å². The number of ether oxygens (including phenoxy) is 2. The standard InChI is InChI=1S/C16H15BrN2O2/c1-20-16-6-2-12(3-7-16)10-21-11-14-8-15-5-4-13(17)9-19(15)18-14/h2-9H,10-11H2,1H3. The number of nitrogens with zero attached hydrogens (tertiary/aromatic N) is 2. The summed E-state index contributed by atoms with van der Waals surface area (Å²) in [6, 6.07) is 13.9. The van der Waals surface area contributed by atoms with E-state index in [1.807, 2.05) is 53.2 Å². The highest BCUT2D eigenvalue weighted by Crippen LogP contribution is 2.15. The number of benzene rings is 1. The van der Waals surface area contributed by atoms with Gasteiger partial charge in [0.05, 0.1) is 31.5 Å². The number of fused-ring (bicyclic) bond motifs is 1. The Kier molecular flexibility index (Phi) is 4.22. The predicted molar refractivity (Wildman–Crippen MR) is 84.4 cm³/mol. The molecule has 1 aromatic carbocycles. The Balaban J connectivity index is 1.60. The van der Waals surface area contributed by atoms with Gasteiger partial charge in [0, 0.05) is 10.7 Å². The molecular weight excluding hydrogens is 332 g/mol. The molecule has 0 bridgehead atoms. The van der Waals surface area contributed by atoms with Crippen molar-refractivity contribution in [3.63, 3.8) is 0 Å². The second-order valence-corrected chi connectivity index (χ2v) is 5.61. The van der Waals surface area contributed by atoms with Crippen molar-refractivity contribution < 1.29 is 9.47 Å². The summed E-state index contributed by atoms with van der Waals surface area (Å²) in [6.45, 7) is 1.05. The summed E-state index contributed by atoms with van der Waals surface area (Å²) < 4.78 is 13.7. The number of halogens is 1. The van der Waals surface area contributed by atoms with Gasteiger partial charge in [-0.1, -0.05) is 12.1 Å². The van der Waals surface area contributed by atoms with Gasteiger partial charge in [-0.25, -0.2) is 4.52 Å². The monoisotopic (exact) mass is 346 g/mol. The molecule has 0 saturated carbocycles. The van der Waals surface area contributed by atoms with Crippen LogP contribution >= 0.6 is 15.9 Å². The minimum atomic E-state index is 0.491. The van der Waals surface area contributed by atoms with E-state index < -0.39 is 0 Å². The van der Waals surface area contributed by atoms with Crippen molar-refractivity contribution in [3.05, 3.63) is 64.4 Å². The molecule has 3 rings (SSSR count). The fraction of sp³-hybridized carbons (Fsp3) is 0.188. The lowest BCUT2D eigenvalue weighted by molar-refractivity contribution is 0.104. The molecule has 4 nitrogen and oxygen atoms in total. The molecule has 3 aromatic rings. The Hall–Kier alpha value is -1.85. The maximum atomic E-state index is 5.71. The Morgan fingerprint density at radius 3 is 2.67 bits per heavy atom. The molecule has 0 N–H and O–H groups in total. The molecule has 0 spiro atoms. The van der Waals surface area contributed by atoms with E-state index in [0.717, 1.165) is 27.0 Å². The second-order valence-electron chi connectivity index (χ2n) is 4.69. The van der Waals surface area contributed by atoms with Crippen LogP contribution in [-0.4, -0.2) is 16.7 Å². The number of pyridine rings is 1. The molecule has 21 heavy (non-hydrogen) atoms. The van der Waals surface area contributed by atoms with Crippen LogP contribution in [0.4, 0.5) is 0 Å². The van der Waals surface area contributed by atoms with E-state index in [0.29, 0.717) is 13.2 Å². The largest absolute Gasteiger partial charge is 0.497 e. The SMILES string of the molecule is COc1ccc(COCc2cc3ccc(Br)cn3n2)cc1. The normalized spacial score (nSPS) is 11.0. The number of rotatable bonds is 5. The van der Waals surface area contributed by atoms with Gasteiger partial charge in [-0.2, -0.15) is 5.10 Å². The van der Waals surface area contributed by atoms with Crippen LogP contribution in [-0.2, 0) is 18.0 Å². The van der Waals surface area contributed by atoms with Gasteiger partial charge >= 0.3 is 0 Å². The minimum absolute atomic E-state index is 0.491. The van der Waals surface area contributed by atoms with Crippen molar-refractivity contribution >= 4 is 21.4 Å². The van der Waals surface area contributed by atoms with Gasteiger partial charge in [0.15, 0.2) is 0 Å². The molecule has 5 heteroatoms. The fourth-order valence-electron chi connectivity index (χ4n) is 2.08. The third-order valence-corrected chi connectivity index (χ3v) is 3.62. The molecule has 0 aliphatic carbocycles. The average molecular weight is 347 g/mol. The van der Waals surface area contributed by atoms with Gasteiger partial charge in [-0.3, -0.25) is 0 Å². The molecule has 0 amide bonds. The van der Waals surface area contributed by atoms with Crippen LogP contribution in [0.3, 0.4) is 0 Å². The van der Waals surface area contributed by atoms with E-state index in [-0.39, 0.29) is 0 Å². The molecule has 0 atom stereocenters. The smallest absolute Gasteiger partial charge is 0.118 e. The fourth-order valence-corrected chi connectivity index (χ4v) is 2.41. The Morgan fingerprint density at radius 1 is 1.10 bits per heavy atom. The van der Waals surface area contributed by atoms with E-state index in [9.17, 15) is 0 Å². The first-order valence-corrected chi connectivity index (χ1v) is 7.38. The van der Waals surface area contributed by atoms with E-state index >= 15 is 0 Å². The van der Waals surface area contributed by atoms with Crippen molar-refractivity contribution in [1.82, 2.24) is 9.61 Å². The van der Waals surface area contributed by atoms with Crippen molar-refractivity contribution in [2.24, 2.45) is 0 Å². The molecule has 0 unspecified atom stereocenters. The van der Waals surface area contributed by atoms with Crippen LogP contribution in [0.2, 0.25) is 0 Å². The summed E-state index contributed by atoms with van der Waals surface area (Å²) in [6.07, 6.45) is 1.93. The summed E-state index contributed by atoms with van der Waals surface area (Å²) in [4.78, 5) is 0. The maximum absolute atomic E-state index is 5.71. The third-order valence-electron chi connectivity index (χ3n) is 3.15. The molecule has 0 fully saturated rings. The molecule has 0 radical (unpaired) electrons. The summed E-state index contributed by atoms with van der Waals surface area (Å²) >= 11 is 3.43. The van der Waals surface area contributed by atoms with Crippen molar-refractivity contribution in [2.45, 2.75) is 13.2 Å². The van der Waals surface area contributed by atoms with Gasteiger partial charge in [0.1, 0.15) is 5.75 Å². The first-order valence-electron chi connectivity index (χ1n) is 6.59. The van der Waals surface area contributed by atoms with Crippen LogP contribution < -0.4 is 4.74 Å². The topological polar surface area (TPSA) is 35.8 Å². The zero-order valence-corrected chi connectivity index (χ0v) is 13.2. The number of hydrogen-bond acceptors (Lipinski definition) is 3. The molecule has 108 valence electrons. The second kappa shape index (κ2) is 6.28. The number of aromatic nitrogens is 2. The van der Waals surface area contributed by atoms with Gasteiger partial charge in [-0.05, 0) is 51.8 Å². The summed E-state index contributed by atoms with van der Waals surface area (Å²) in [5, 5.41) is 4.47. The summed E-state index contributed by atoms with van der Waals surface area (Å²) in [5.41, 5.74) is 3.09. The number of methoxy groups -OCH3 is 1. The minimum Gasteiger partial charge on any atom is -0.497 e. The van der Waals surface area contributed by atoms with Crippen molar-refractivity contribution in [1.29, 1.82) is 0 Å². The van der Waals surface area contributed by atoms with E-state index in [2.05, 4.69) is 21.0 Å². The molecule has 2 aromatic heterocycles. The molecule has 0 aliphatic heterocycles. The lowest BCUT2D eigenvalue weighted by Crippen LogP contribution is -1.95. The van der Waals surface area contributed by atoms with Crippen LogP contribution in [0.5, 0.6) is 5.75 Å². The van der Waals surface area contributed by atoms with Crippen molar-refractivity contribution in [3.8, 4) is 5.75 Å². The molecule has 0 aliphatic rings. The highest BCUT2D eigenvalue weighted by Gasteiger charge is 2.03. The van der Waals surface area contributed by atoms with Gasteiger partial charge in [0.2, 0.25) is 0 Å². The van der Waals surface area contributed by atoms with Gasteiger partial charge < -0.3 is 9.47 Å². The van der Waals surface area contributed by atoms with Crippen LogP contribution in [0, 0.1) is 0 Å². The highest BCUT2D eigenvalue weighted by molar-refractivity contribution is 9.10. The molecular formula is C16H15BrN2O2. The van der Waals surface area contributed by atoms with Gasteiger partial charge in [-0.15, -0.1) is 0 Å². The van der Waals surface area contributed by atoms with E-state index in [1.165, 1.54) is 0 Å². The van der Waals surface area contributed by atoms with Crippen LogP contribution in [0.15, 0.2) is 53.1 Å². The highest BCUT2D eigenvalue weighted by atomic mass is 79.9. The summed E-state index contributed by atoms with van der Waals surface area (Å²) in [5.74, 6) is 0.852. The lowest BCUT2D eigenvalue weighted by Gasteiger charge is -2.04. The first kappa shape index (κ1) is 14.1. The zero-order chi connectivity index (χ0) is 14.7. The Bertz CT molecular complexity index is 738. The Labute approximate surface area is 131 Å². The van der Waals surface area contributed by atoms with E-state index in [1.54, 1.807) is 7.11 Å². The molecule has 0 saturated heterocycles. The first-order chi connectivity index (χ1) is 10.2.